The van der Waals surface area contributed by atoms with Gasteiger partial charge in [-0.1, -0.05) is 31.2 Å². The summed E-state index contributed by atoms with van der Waals surface area (Å²) < 4.78 is 4.85. The van der Waals surface area contributed by atoms with Gasteiger partial charge in [0.05, 0.1) is 10.5 Å². The number of carbonyl (C=O) groups excluding carboxylic acids is 2. The van der Waals surface area contributed by atoms with Gasteiger partial charge in [0.25, 0.3) is 11.6 Å². The fourth-order valence-electron chi connectivity index (χ4n) is 2.20. The van der Waals surface area contributed by atoms with Gasteiger partial charge >= 0.3 is 5.97 Å². The number of benzene rings is 2. The molecule has 0 aliphatic carbocycles. The molecule has 7 heteroatoms. The van der Waals surface area contributed by atoms with Crippen LogP contribution in [0.15, 0.2) is 54.6 Å². The van der Waals surface area contributed by atoms with E-state index in [-0.39, 0.29) is 11.3 Å². The van der Waals surface area contributed by atoms with Crippen molar-refractivity contribution >= 4 is 29.3 Å². The first-order valence-electron chi connectivity index (χ1n) is 7.96. The van der Waals surface area contributed by atoms with Crippen LogP contribution >= 0.6 is 0 Å². The van der Waals surface area contributed by atoms with E-state index in [1.54, 1.807) is 12.1 Å². The zero-order valence-electron chi connectivity index (χ0n) is 14.2. The molecule has 2 aromatic rings. The van der Waals surface area contributed by atoms with Crippen molar-refractivity contribution in [2.24, 2.45) is 0 Å². The number of rotatable bonds is 7. The number of ether oxygens (including phenoxy) is 1. The lowest BCUT2D eigenvalue weighted by atomic mass is 10.1. The summed E-state index contributed by atoms with van der Waals surface area (Å²) in [5.74, 6) is -1.23. The monoisotopic (exact) mass is 354 g/mol. The third kappa shape index (κ3) is 5.55. The number of aryl methyl sites for hydroxylation is 1. The molecule has 2 rings (SSSR count). The zero-order valence-corrected chi connectivity index (χ0v) is 14.2. The van der Waals surface area contributed by atoms with Crippen molar-refractivity contribution < 1.29 is 19.2 Å². The Morgan fingerprint density at radius 1 is 1.19 bits per heavy atom. The maximum Gasteiger partial charge on any atom is 0.331 e. The molecule has 0 spiro atoms. The van der Waals surface area contributed by atoms with Crippen LogP contribution in [0.4, 0.5) is 11.4 Å². The highest BCUT2D eigenvalue weighted by Crippen LogP contribution is 2.18. The minimum Gasteiger partial charge on any atom is -0.452 e. The molecule has 0 saturated heterocycles. The van der Waals surface area contributed by atoms with E-state index in [1.165, 1.54) is 24.3 Å². The van der Waals surface area contributed by atoms with Crippen LogP contribution in [-0.2, 0) is 20.7 Å². The maximum absolute atomic E-state index is 11.8. The third-order valence-corrected chi connectivity index (χ3v) is 3.50. The minimum atomic E-state index is -0.763. The lowest BCUT2D eigenvalue weighted by Gasteiger charge is -2.06. The second-order valence-electron chi connectivity index (χ2n) is 5.36. The lowest BCUT2D eigenvalue weighted by molar-refractivity contribution is -0.385. The van der Waals surface area contributed by atoms with E-state index < -0.39 is 23.4 Å². The number of amides is 1. The van der Waals surface area contributed by atoms with E-state index in [4.69, 9.17) is 4.74 Å². The Morgan fingerprint density at radius 2 is 1.96 bits per heavy atom. The first-order chi connectivity index (χ1) is 12.5. The van der Waals surface area contributed by atoms with Gasteiger partial charge in [-0.25, -0.2) is 4.79 Å². The first-order valence-corrected chi connectivity index (χ1v) is 7.96. The van der Waals surface area contributed by atoms with Gasteiger partial charge in [-0.2, -0.15) is 0 Å². The van der Waals surface area contributed by atoms with E-state index in [9.17, 15) is 19.7 Å². The Balaban J connectivity index is 1.88. The summed E-state index contributed by atoms with van der Waals surface area (Å²) in [7, 11) is 0. The number of nitro groups is 1. The van der Waals surface area contributed by atoms with Gasteiger partial charge in [-0.15, -0.1) is 0 Å². The molecule has 0 aromatic heterocycles. The fourth-order valence-corrected chi connectivity index (χ4v) is 2.20. The number of nitrogens with one attached hydrogen (secondary N) is 1. The number of hydrogen-bond acceptors (Lipinski definition) is 5. The predicted molar refractivity (Wildman–Crippen MR) is 97.5 cm³/mol. The molecule has 134 valence electrons. The van der Waals surface area contributed by atoms with E-state index in [1.807, 2.05) is 25.1 Å². The van der Waals surface area contributed by atoms with Crippen LogP contribution < -0.4 is 5.32 Å². The standard InChI is InChI=1S/C19H18N2O5/c1-2-14-6-5-8-16(12-14)20-18(22)13-26-19(23)11-10-15-7-3-4-9-17(15)21(24)25/h3-12H,2,13H2,1H3,(H,20,22)/b11-10+. The Morgan fingerprint density at radius 3 is 2.69 bits per heavy atom. The Kier molecular flexibility index (Phi) is 6.61. The maximum atomic E-state index is 11.8. The normalized spacial score (nSPS) is 10.5. The first kappa shape index (κ1) is 18.9. The molecule has 0 aliphatic rings. The molecule has 0 fully saturated rings. The van der Waals surface area contributed by atoms with Crippen LogP contribution in [0.1, 0.15) is 18.1 Å². The predicted octanol–water partition coefficient (Wildman–Crippen LogP) is 3.35. The molecule has 0 heterocycles. The average molecular weight is 354 g/mol. The van der Waals surface area contributed by atoms with Gasteiger partial charge < -0.3 is 10.1 Å². The highest BCUT2D eigenvalue weighted by atomic mass is 16.6. The van der Waals surface area contributed by atoms with Crippen LogP contribution in [0, 0.1) is 10.1 Å². The summed E-state index contributed by atoms with van der Waals surface area (Å²) >= 11 is 0. The molecule has 2 aromatic carbocycles. The van der Waals surface area contributed by atoms with Crippen LogP contribution in [0.2, 0.25) is 0 Å². The van der Waals surface area contributed by atoms with Crippen LogP contribution in [0.3, 0.4) is 0 Å². The number of carbonyl (C=O) groups is 2. The average Bonchev–Trinajstić information content (AvgIpc) is 2.65. The largest absolute Gasteiger partial charge is 0.452 e. The van der Waals surface area contributed by atoms with Crippen molar-refractivity contribution in [3.8, 4) is 0 Å². The second kappa shape index (κ2) is 9.12. The van der Waals surface area contributed by atoms with Crippen LogP contribution in [-0.4, -0.2) is 23.4 Å². The summed E-state index contributed by atoms with van der Waals surface area (Å²) in [4.78, 5) is 33.9. The van der Waals surface area contributed by atoms with E-state index in [2.05, 4.69) is 5.32 Å². The molecule has 0 aliphatic heterocycles. The second-order valence-corrected chi connectivity index (χ2v) is 5.36. The summed E-state index contributed by atoms with van der Waals surface area (Å²) in [5.41, 5.74) is 1.86. The SMILES string of the molecule is CCc1cccc(NC(=O)COC(=O)/C=C/c2ccccc2[N+](=O)[O-])c1. The van der Waals surface area contributed by atoms with Gasteiger partial charge in [0.1, 0.15) is 0 Å². The topological polar surface area (TPSA) is 98.5 Å². The van der Waals surface area contributed by atoms with Crippen molar-refractivity contribution in [3.05, 3.63) is 75.8 Å². The van der Waals surface area contributed by atoms with Crippen molar-refractivity contribution in [2.75, 3.05) is 11.9 Å². The van der Waals surface area contributed by atoms with Crippen molar-refractivity contribution in [1.82, 2.24) is 0 Å². The van der Waals surface area contributed by atoms with Crippen molar-refractivity contribution in [3.63, 3.8) is 0 Å². The number of nitrogens with zero attached hydrogens (tertiary/aromatic N) is 1. The molecule has 0 unspecified atom stereocenters. The zero-order chi connectivity index (χ0) is 18.9. The molecule has 0 bridgehead atoms. The molecule has 26 heavy (non-hydrogen) atoms. The Bertz CT molecular complexity index is 845. The Hall–Kier alpha value is -3.48. The smallest absolute Gasteiger partial charge is 0.331 e. The van der Waals surface area contributed by atoms with Gasteiger partial charge in [0.2, 0.25) is 0 Å². The van der Waals surface area contributed by atoms with Crippen molar-refractivity contribution in [2.45, 2.75) is 13.3 Å². The van der Waals surface area contributed by atoms with Crippen LogP contribution in [0.25, 0.3) is 6.08 Å². The summed E-state index contributed by atoms with van der Waals surface area (Å²) in [6, 6.07) is 13.4. The Labute approximate surface area is 150 Å². The number of esters is 1. The lowest BCUT2D eigenvalue weighted by Crippen LogP contribution is -2.20. The molecule has 7 nitrogen and oxygen atoms in total. The summed E-state index contributed by atoms with van der Waals surface area (Å²) in [6.45, 7) is 1.56. The number of nitro benzene ring substituents is 1. The van der Waals surface area contributed by atoms with Gasteiger partial charge in [-0.05, 0) is 36.3 Å². The van der Waals surface area contributed by atoms with E-state index in [0.717, 1.165) is 18.1 Å². The van der Waals surface area contributed by atoms with Gasteiger partial charge in [-0.3, -0.25) is 14.9 Å². The molecule has 0 radical (unpaired) electrons. The minimum absolute atomic E-state index is 0.120. The summed E-state index contributed by atoms with van der Waals surface area (Å²) in [6.07, 6.45) is 3.17. The van der Waals surface area contributed by atoms with Crippen molar-refractivity contribution in [1.29, 1.82) is 0 Å². The molecule has 1 N–H and O–H groups in total. The number of para-hydroxylation sites is 1. The van der Waals surface area contributed by atoms with Gasteiger partial charge in [0.15, 0.2) is 6.61 Å². The van der Waals surface area contributed by atoms with Crippen LogP contribution in [0.5, 0.6) is 0 Å². The third-order valence-electron chi connectivity index (χ3n) is 3.50. The number of hydrogen-bond donors (Lipinski definition) is 1. The molecule has 0 atom stereocenters. The summed E-state index contributed by atoms with van der Waals surface area (Å²) in [5, 5.41) is 13.5. The fraction of sp³-hybridized carbons (Fsp3) is 0.158. The highest BCUT2D eigenvalue weighted by Gasteiger charge is 2.10. The molecule has 1 amide bonds. The highest BCUT2D eigenvalue weighted by molar-refractivity contribution is 5.94. The van der Waals surface area contributed by atoms with E-state index in [0.29, 0.717) is 5.69 Å². The molecular weight excluding hydrogens is 336 g/mol. The molecule has 0 saturated carbocycles. The quantitative estimate of drug-likeness (QED) is 0.356. The van der Waals surface area contributed by atoms with E-state index >= 15 is 0 Å². The number of anilines is 1. The molecular formula is C19H18N2O5. The van der Waals surface area contributed by atoms with Gasteiger partial charge in [0, 0.05) is 17.8 Å².